The van der Waals surface area contributed by atoms with E-state index >= 15 is 0 Å². The van der Waals surface area contributed by atoms with Crippen LogP contribution in [0.3, 0.4) is 0 Å². The van der Waals surface area contributed by atoms with Gasteiger partial charge in [0, 0.05) is 18.2 Å². The van der Waals surface area contributed by atoms with Crippen LogP contribution in [0.5, 0.6) is 23.0 Å². The van der Waals surface area contributed by atoms with Crippen LogP contribution in [0, 0.1) is 0 Å². The summed E-state index contributed by atoms with van der Waals surface area (Å²) in [5, 5.41) is 31.7. The second-order valence-electron chi connectivity index (χ2n) is 7.12. The predicted octanol–water partition coefficient (Wildman–Crippen LogP) is 4.51. The molecule has 2 aromatic carbocycles. The second-order valence-corrected chi connectivity index (χ2v) is 7.50. The number of ketones is 2. The zero-order chi connectivity index (χ0) is 22.2. The Bertz CT molecular complexity index is 1030. The number of methoxy groups -OCH3 is 2. The number of hydrogen-bond donors (Lipinski definition) is 3. The molecule has 3 rings (SSSR count). The number of phenols is 3. The second kappa shape index (κ2) is 8.53. The number of ether oxygens (including phenoxy) is 2. The Kier molecular flexibility index (Phi) is 6.24. The molecule has 0 bridgehead atoms. The minimum atomic E-state index is -0.774. The van der Waals surface area contributed by atoms with Crippen molar-refractivity contribution in [2.75, 3.05) is 14.2 Å². The van der Waals surface area contributed by atoms with E-state index in [4.69, 9.17) is 21.1 Å². The standard InChI is InChI=1S/C22H23ClO7/c1-4-5-6-7-13(29-2)17-12(24)8-10-15(21(17)27)20(26)16-11(19(10)25)9-14(30-3)18(23)22(16)28/h8-9,13,24,27-28H,4-7H2,1-3H3. The van der Waals surface area contributed by atoms with Crippen LogP contribution in [0.2, 0.25) is 5.02 Å². The van der Waals surface area contributed by atoms with Gasteiger partial charge in [-0.25, -0.2) is 0 Å². The molecule has 0 spiro atoms. The largest absolute Gasteiger partial charge is 0.507 e. The summed E-state index contributed by atoms with van der Waals surface area (Å²) in [5.41, 5.74) is -0.863. The third-order valence-electron chi connectivity index (χ3n) is 5.36. The first kappa shape index (κ1) is 21.9. The first-order valence-electron chi connectivity index (χ1n) is 9.58. The molecule has 2 aromatic rings. The van der Waals surface area contributed by atoms with Gasteiger partial charge < -0.3 is 24.8 Å². The molecule has 0 saturated carbocycles. The van der Waals surface area contributed by atoms with Crippen molar-refractivity contribution < 1.29 is 34.4 Å². The summed E-state index contributed by atoms with van der Waals surface area (Å²) >= 11 is 6.05. The maximum atomic E-state index is 13.2. The van der Waals surface area contributed by atoms with Crippen molar-refractivity contribution in [3.8, 4) is 23.0 Å². The van der Waals surface area contributed by atoms with Crippen molar-refractivity contribution in [1.29, 1.82) is 0 Å². The quantitative estimate of drug-likeness (QED) is 0.469. The average molecular weight is 435 g/mol. The molecule has 30 heavy (non-hydrogen) atoms. The van der Waals surface area contributed by atoms with Gasteiger partial charge >= 0.3 is 0 Å². The predicted molar refractivity (Wildman–Crippen MR) is 110 cm³/mol. The fourth-order valence-corrected chi connectivity index (χ4v) is 4.03. The highest BCUT2D eigenvalue weighted by atomic mass is 35.5. The first-order chi connectivity index (χ1) is 14.3. The normalized spacial score (nSPS) is 13.7. The summed E-state index contributed by atoms with van der Waals surface area (Å²) in [6.45, 7) is 2.05. The number of rotatable bonds is 7. The molecule has 0 aliphatic heterocycles. The lowest BCUT2D eigenvalue weighted by Crippen LogP contribution is -2.22. The summed E-state index contributed by atoms with van der Waals surface area (Å²) in [5.74, 6) is -2.88. The lowest BCUT2D eigenvalue weighted by Gasteiger charge is -2.25. The average Bonchev–Trinajstić information content (AvgIpc) is 2.72. The van der Waals surface area contributed by atoms with Crippen LogP contribution in [0.15, 0.2) is 12.1 Å². The topological polar surface area (TPSA) is 113 Å². The Morgan fingerprint density at radius 3 is 2.20 bits per heavy atom. The highest BCUT2D eigenvalue weighted by molar-refractivity contribution is 6.37. The molecule has 160 valence electrons. The first-order valence-corrected chi connectivity index (χ1v) is 9.96. The molecule has 7 nitrogen and oxygen atoms in total. The number of phenolic OH excluding ortho intramolecular Hbond substituents is 3. The molecule has 8 heteroatoms. The minimum absolute atomic E-state index is 0.0259. The lowest BCUT2D eigenvalue weighted by atomic mass is 9.81. The molecule has 0 aromatic heterocycles. The van der Waals surface area contributed by atoms with Crippen LogP contribution in [0.1, 0.15) is 76.1 Å². The fourth-order valence-electron chi connectivity index (χ4n) is 3.80. The summed E-state index contributed by atoms with van der Waals surface area (Å²) in [4.78, 5) is 26.2. The number of unbranched alkanes of at least 4 members (excludes halogenated alkanes) is 2. The zero-order valence-corrected chi connectivity index (χ0v) is 17.7. The van der Waals surface area contributed by atoms with E-state index in [0.29, 0.717) is 6.42 Å². The van der Waals surface area contributed by atoms with E-state index < -0.39 is 29.2 Å². The van der Waals surface area contributed by atoms with Crippen LogP contribution in [-0.4, -0.2) is 41.1 Å². The van der Waals surface area contributed by atoms with E-state index in [1.807, 2.05) is 6.92 Å². The Morgan fingerprint density at radius 2 is 1.60 bits per heavy atom. The molecule has 0 amide bonds. The van der Waals surface area contributed by atoms with Crippen LogP contribution < -0.4 is 4.74 Å². The molecule has 1 aliphatic rings. The summed E-state index contributed by atoms with van der Waals surface area (Å²) in [7, 11) is 2.75. The van der Waals surface area contributed by atoms with Crippen molar-refractivity contribution in [2.45, 2.75) is 38.7 Å². The summed E-state index contributed by atoms with van der Waals surface area (Å²) < 4.78 is 10.5. The van der Waals surface area contributed by atoms with Crippen molar-refractivity contribution in [1.82, 2.24) is 0 Å². The van der Waals surface area contributed by atoms with E-state index in [0.717, 1.165) is 25.3 Å². The number of aromatic hydroxyl groups is 3. The van der Waals surface area contributed by atoms with Gasteiger partial charge in [-0.3, -0.25) is 9.59 Å². The minimum Gasteiger partial charge on any atom is -0.507 e. The number of carbonyl (C=O) groups excluding carboxylic acids is 2. The van der Waals surface area contributed by atoms with Gasteiger partial charge in [-0.1, -0.05) is 37.8 Å². The Labute approximate surface area is 178 Å². The van der Waals surface area contributed by atoms with Crippen LogP contribution in [0.25, 0.3) is 0 Å². The third kappa shape index (κ3) is 3.38. The van der Waals surface area contributed by atoms with Gasteiger partial charge in [0.15, 0.2) is 5.78 Å². The summed E-state index contributed by atoms with van der Waals surface area (Å²) in [6.07, 6.45) is 2.55. The van der Waals surface area contributed by atoms with E-state index in [2.05, 4.69) is 0 Å². The van der Waals surface area contributed by atoms with Crippen LogP contribution >= 0.6 is 11.6 Å². The van der Waals surface area contributed by atoms with Gasteiger partial charge in [-0.15, -0.1) is 0 Å². The molecule has 0 saturated heterocycles. The van der Waals surface area contributed by atoms with Gasteiger partial charge in [-0.05, 0) is 18.6 Å². The van der Waals surface area contributed by atoms with Crippen molar-refractivity contribution >= 4 is 23.2 Å². The van der Waals surface area contributed by atoms with Gasteiger partial charge in [-0.2, -0.15) is 0 Å². The molecular weight excluding hydrogens is 412 g/mol. The van der Waals surface area contributed by atoms with Gasteiger partial charge in [0.25, 0.3) is 0 Å². The van der Waals surface area contributed by atoms with Gasteiger partial charge in [0.1, 0.15) is 28.0 Å². The molecule has 3 N–H and O–H groups in total. The molecule has 1 aliphatic carbocycles. The molecule has 0 heterocycles. The SMILES string of the molecule is CCCCCC(OC)c1c(O)cc2c(c1O)C(=O)c1c(cc(OC)c(Cl)c1O)C2=O. The number of fused-ring (bicyclic) bond motifs is 2. The Morgan fingerprint density at radius 1 is 0.967 bits per heavy atom. The van der Waals surface area contributed by atoms with Crippen molar-refractivity contribution in [2.24, 2.45) is 0 Å². The van der Waals surface area contributed by atoms with Crippen molar-refractivity contribution in [3.63, 3.8) is 0 Å². The number of carbonyl (C=O) groups is 2. The summed E-state index contributed by atoms with van der Waals surface area (Å²) in [6, 6.07) is 2.41. The van der Waals surface area contributed by atoms with Gasteiger partial charge in [0.2, 0.25) is 5.78 Å². The van der Waals surface area contributed by atoms with E-state index in [1.54, 1.807) is 0 Å². The Hall–Kier alpha value is -2.77. The molecule has 1 unspecified atom stereocenters. The molecular formula is C22H23ClO7. The van der Waals surface area contributed by atoms with E-state index in [1.165, 1.54) is 20.3 Å². The maximum absolute atomic E-state index is 13.2. The Balaban J connectivity index is 2.20. The van der Waals surface area contributed by atoms with Gasteiger partial charge in [0.05, 0.1) is 29.9 Å². The highest BCUT2D eigenvalue weighted by Gasteiger charge is 2.39. The third-order valence-corrected chi connectivity index (χ3v) is 5.73. The number of halogens is 1. The van der Waals surface area contributed by atoms with Crippen LogP contribution in [0.4, 0.5) is 0 Å². The number of benzene rings is 2. The number of hydrogen-bond acceptors (Lipinski definition) is 7. The van der Waals surface area contributed by atoms with E-state index in [-0.39, 0.29) is 44.3 Å². The maximum Gasteiger partial charge on any atom is 0.202 e. The smallest absolute Gasteiger partial charge is 0.202 e. The lowest BCUT2D eigenvalue weighted by molar-refractivity contribution is 0.0877. The molecule has 1 atom stereocenters. The van der Waals surface area contributed by atoms with E-state index in [9.17, 15) is 24.9 Å². The monoisotopic (exact) mass is 434 g/mol. The zero-order valence-electron chi connectivity index (χ0n) is 16.9. The molecule has 0 radical (unpaired) electrons. The highest BCUT2D eigenvalue weighted by Crippen LogP contribution is 2.48. The van der Waals surface area contributed by atoms with Crippen LogP contribution in [-0.2, 0) is 4.74 Å². The fraction of sp³-hybridized carbons (Fsp3) is 0.364. The van der Waals surface area contributed by atoms with Crippen molar-refractivity contribution in [3.05, 3.63) is 45.0 Å². The molecule has 0 fully saturated rings.